The van der Waals surface area contributed by atoms with E-state index in [1.54, 1.807) is 12.1 Å². The van der Waals surface area contributed by atoms with E-state index in [9.17, 15) is 4.79 Å². The molecule has 1 aromatic carbocycles. The molecule has 2 unspecified atom stereocenters. The molecule has 0 aliphatic carbocycles. The maximum Gasteiger partial charge on any atom is 0.335 e. The van der Waals surface area contributed by atoms with Crippen molar-refractivity contribution in [2.24, 2.45) is 0 Å². The van der Waals surface area contributed by atoms with E-state index < -0.39 is 5.97 Å². The predicted molar refractivity (Wildman–Crippen MR) is 65.5 cm³/mol. The standard InChI is InChI=1S/C12H13NO2S/c14-12(15)7-1-2-8-9-6-16-4-3-10(9)13-11(8)5-7/h1-2,5,9-10,13H,3-4,6H2,(H,14,15). The molecule has 2 heterocycles. The first-order valence-electron chi connectivity index (χ1n) is 5.47. The van der Waals surface area contributed by atoms with E-state index in [1.807, 2.05) is 17.8 Å². The molecule has 2 atom stereocenters. The third-order valence-corrected chi connectivity index (χ3v) is 4.52. The zero-order valence-corrected chi connectivity index (χ0v) is 9.59. The van der Waals surface area contributed by atoms with Crippen LogP contribution in [-0.2, 0) is 0 Å². The number of carboxylic acid groups (broad SMARTS) is 1. The van der Waals surface area contributed by atoms with E-state index in [2.05, 4.69) is 5.32 Å². The number of carbonyl (C=O) groups is 1. The van der Waals surface area contributed by atoms with Crippen molar-refractivity contribution in [2.75, 3.05) is 16.8 Å². The lowest BCUT2D eigenvalue weighted by atomic mass is 9.94. The van der Waals surface area contributed by atoms with Crippen LogP contribution in [0.1, 0.15) is 28.3 Å². The Labute approximate surface area is 98.2 Å². The first-order valence-corrected chi connectivity index (χ1v) is 6.62. The van der Waals surface area contributed by atoms with Crippen molar-refractivity contribution in [1.29, 1.82) is 0 Å². The Morgan fingerprint density at radius 1 is 1.50 bits per heavy atom. The molecular weight excluding hydrogens is 222 g/mol. The number of hydrogen-bond acceptors (Lipinski definition) is 3. The first-order chi connectivity index (χ1) is 7.75. The van der Waals surface area contributed by atoms with Crippen LogP contribution in [0.4, 0.5) is 5.69 Å². The molecule has 0 amide bonds. The second-order valence-corrected chi connectivity index (χ2v) is 5.48. The minimum Gasteiger partial charge on any atom is -0.478 e. The van der Waals surface area contributed by atoms with Crippen molar-refractivity contribution >= 4 is 23.4 Å². The van der Waals surface area contributed by atoms with Gasteiger partial charge >= 0.3 is 5.97 Å². The molecule has 1 aromatic rings. The van der Waals surface area contributed by atoms with Gasteiger partial charge in [-0.3, -0.25) is 0 Å². The lowest BCUT2D eigenvalue weighted by Gasteiger charge is -2.24. The Bertz CT molecular complexity index is 447. The summed E-state index contributed by atoms with van der Waals surface area (Å²) in [5.74, 6) is 2.07. The third kappa shape index (κ3) is 1.48. The number of aromatic carboxylic acids is 1. The van der Waals surface area contributed by atoms with Crippen molar-refractivity contribution in [2.45, 2.75) is 18.4 Å². The number of thioether (sulfide) groups is 1. The number of benzene rings is 1. The smallest absolute Gasteiger partial charge is 0.335 e. The summed E-state index contributed by atoms with van der Waals surface area (Å²) in [5, 5.41) is 12.4. The molecule has 4 heteroatoms. The van der Waals surface area contributed by atoms with Gasteiger partial charge in [-0.1, -0.05) is 6.07 Å². The summed E-state index contributed by atoms with van der Waals surface area (Å²) in [6.07, 6.45) is 1.17. The summed E-state index contributed by atoms with van der Waals surface area (Å²) < 4.78 is 0. The van der Waals surface area contributed by atoms with Crippen molar-refractivity contribution in [3.05, 3.63) is 29.3 Å². The van der Waals surface area contributed by atoms with E-state index >= 15 is 0 Å². The first kappa shape index (κ1) is 10.0. The molecular formula is C12H13NO2S. The van der Waals surface area contributed by atoms with Crippen LogP contribution in [0.5, 0.6) is 0 Å². The van der Waals surface area contributed by atoms with E-state index in [-0.39, 0.29) is 0 Å². The fourth-order valence-electron chi connectivity index (χ4n) is 2.55. The van der Waals surface area contributed by atoms with Crippen LogP contribution >= 0.6 is 11.8 Å². The average molecular weight is 235 g/mol. The molecule has 0 aromatic heterocycles. The van der Waals surface area contributed by atoms with E-state index in [0.717, 1.165) is 11.4 Å². The summed E-state index contributed by atoms with van der Waals surface area (Å²) in [5.41, 5.74) is 2.69. The number of nitrogens with one attached hydrogen (secondary N) is 1. The summed E-state index contributed by atoms with van der Waals surface area (Å²) >= 11 is 1.99. The van der Waals surface area contributed by atoms with Gasteiger partial charge in [-0.25, -0.2) is 4.79 Å². The van der Waals surface area contributed by atoms with Gasteiger partial charge in [0.15, 0.2) is 0 Å². The number of rotatable bonds is 1. The third-order valence-electron chi connectivity index (χ3n) is 3.40. The molecule has 16 heavy (non-hydrogen) atoms. The normalized spacial score (nSPS) is 26.8. The van der Waals surface area contributed by atoms with Gasteiger partial charge in [-0.2, -0.15) is 11.8 Å². The quantitative estimate of drug-likeness (QED) is 0.784. The van der Waals surface area contributed by atoms with Gasteiger partial charge in [0.25, 0.3) is 0 Å². The Hall–Kier alpha value is -1.16. The molecule has 3 nitrogen and oxygen atoms in total. The summed E-state index contributed by atoms with van der Waals surface area (Å²) in [6, 6.07) is 5.97. The van der Waals surface area contributed by atoms with Gasteiger partial charge in [-0.05, 0) is 29.9 Å². The van der Waals surface area contributed by atoms with E-state index in [4.69, 9.17) is 5.11 Å². The van der Waals surface area contributed by atoms with E-state index in [1.165, 1.54) is 17.7 Å². The zero-order valence-electron chi connectivity index (χ0n) is 8.77. The molecule has 0 radical (unpaired) electrons. The highest BCUT2D eigenvalue weighted by atomic mass is 32.2. The molecule has 0 saturated carbocycles. The molecule has 2 N–H and O–H groups in total. The van der Waals surface area contributed by atoms with Gasteiger partial charge in [0.05, 0.1) is 5.56 Å². The van der Waals surface area contributed by atoms with Crippen molar-refractivity contribution in [3.8, 4) is 0 Å². The fraction of sp³-hybridized carbons (Fsp3) is 0.417. The van der Waals surface area contributed by atoms with Crippen molar-refractivity contribution < 1.29 is 9.90 Å². The monoisotopic (exact) mass is 235 g/mol. The average Bonchev–Trinajstić information content (AvgIpc) is 2.66. The molecule has 0 spiro atoms. The molecule has 2 aliphatic rings. The molecule has 2 aliphatic heterocycles. The highest BCUT2D eigenvalue weighted by Gasteiger charge is 2.34. The summed E-state index contributed by atoms with van der Waals surface area (Å²) in [7, 11) is 0. The van der Waals surface area contributed by atoms with Crippen LogP contribution in [0.25, 0.3) is 0 Å². The second-order valence-electron chi connectivity index (χ2n) is 4.33. The summed E-state index contributed by atoms with van der Waals surface area (Å²) in [6.45, 7) is 0. The number of hydrogen-bond donors (Lipinski definition) is 2. The Balaban J connectivity index is 1.98. The minimum atomic E-state index is -0.853. The van der Waals surface area contributed by atoms with Crippen LogP contribution in [0.2, 0.25) is 0 Å². The van der Waals surface area contributed by atoms with Gasteiger partial charge < -0.3 is 10.4 Å². The Kier molecular flexibility index (Phi) is 2.32. The topological polar surface area (TPSA) is 49.3 Å². The van der Waals surface area contributed by atoms with Gasteiger partial charge in [0, 0.05) is 23.4 Å². The highest BCUT2D eigenvalue weighted by molar-refractivity contribution is 7.99. The molecule has 84 valence electrons. The maximum absolute atomic E-state index is 10.9. The number of anilines is 1. The van der Waals surface area contributed by atoms with Crippen LogP contribution in [-0.4, -0.2) is 28.6 Å². The largest absolute Gasteiger partial charge is 0.478 e. The van der Waals surface area contributed by atoms with Gasteiger partial charge in [-0.15, -0.1) is 0 Å². The second kappa shape index (κ2) is 3.70. The SMILES string of the molecule is O=C(O)c1ccc2c(c1)NC1CCSCC21. The lowest BCUT2D eigenvalue weighted by molar-refractivity contribution is 0.0697. The number of carboxylic acids is 1. The molecule has 0 bridgehead atoms. The fourth-order valence-corrected chi connectivity index (χ4v) is 3.81. The minimum absolute atomic E-state index is 0.373. The highest BCUT2D eigenvalue weighted by Crippen LogP contribution is 2.42. The molecule has 1 saturated heterocycles. The molecule has 1 fully saturated rings. The molecule has 3 rings (SSSR count). The van der Waals surface area contributed by atoms with Crippen molar-refractivity contribution in [1.82, 2.24) is 0 Å². The van der Waals surface area contributed by atoms with Crippen molar-refractivity contribution in [3.63, 3.8) is 0 Å². The maximum atomic E-state index is 10.9. The van der Waals surface area contributed by atoms with Gasteiger partial charge in [0.2, 0.25) is 0 Å². The summed E-state index contributed by atoms with van der Waals surface area (Å²) in [4.78, 5) is 10.9. The van der Waals surface area contributed by atoms with Crippen LogP contribution in [0.3, 0.4) is 0 Å². The van der Waals surface area contributed by atoms with Crippen LogP contribution < -0.4 is 5.32 Å². The zero-order chi connectivity index (χ0) is 11.1. The Morgan fingerprint density at radius 3 is 3.19 bits per heavy atom. The van der Waals surface area contributed by atoms with Crippen LogP contribution in [0, 0.1) is 0 Å². The predicted octanol–water partition coefficient (Wildman–Crippen LogP) is 2.40. The number of fused-ring (bicyclic) bond motifs is 3. The Morgan fingerprint density at radius 2 is 2.38 bits per heavy atom. The van der Waals surface area contributed by atoms with E-state index in [0.29, 0.717) is 17.5 Å². The lowest BCUT2D eigenvalue weighted by Crippen LogP contribution is -2.26. The van der Waals surface area contributed by atoms with Gasteiger partial charge in [0.1, 0.15) is 0 Å². The van der Waals surface area contributed by atoms with Crippen LogP contribution in [0.15, 0.2) is 18.2 Å².